The second-order valence-electron chi connectivity index (χ2n) is 1.19. The van der Waals surface area contributed by atoms with Crippen LogP contribution in [0.1, 0.15) is 0 Å². The highest BCUT2D eigenvalue weighted by Crippen LogP contribution is 2.00. The van der Waals surface area contributed by atoms with Gasteiger partial charge in [-0.25, -0.2) is 9.59 Å². The highest BCUT2D eigenvalue weighted by Gasteiger charge is 2.27. The van der Waals surface area contributed by atoms with Crippen LogP contribution in [0.15, 0.2) is 18.7 Å². The van der Waals surface area contributed by atoms with E-state index in [1.807, 2.05) is 0 Å². The van der Waals surface area contributed by atoms with Gasteiger partial charge in [-0.15, -0.1) is 0 Å². The average molecular weight is 164 g/mol. The van der Waals surface area contributed by atoms with Gasteiger partial charge in [-0.05, 0) is 0 Å². The van der Waals surface area contributed by atoms with Gasteiger partial charge in [0.25, 0.3) is 0 Å². The Bertz CT molecular complexity index is 263. The molecule has 0 bridgehead atoms. The lowest BCUT2D eigenvalue weighted by Crippen LogP contribution is -2.27. The number of carbonyl (C=O) groups excluding carboxylic acids is 2. The largest absolute Gasteiger partial charge is 0.597 e. The summed E-state index contributed by atoms with van der Waals surface area (Å²) < 4.78 is 17.9. The molecule has 0 atom stereocenters. The zero-order valence-corrected chi connectivity index (χ0v) is 4.77. The van der Waals surface area contributed by atoms with Crippen molar-refractivity contribution in [3.63, 3.8) is 0 Å². The quantitative estimate of drug-likeness (QED) is 0.301. The summed E-state index contributed by atoms with van der Waals surface area (Å²) in [5.41, 5.74) is 0. The van der Waals surface area contributed by atoms with Gasteiger partial charge in [0.1, 0.15) is 0 Å². The van der Waals surface area contributed by atoms with E-state index in [-0.39, 0.29) is 0 Å². The van der Waals surface area contributed by atoms with Crippen molar-refractivity contribution in [3.8, 4) is 0 Å². The highest BCUT2D eigenvalue weighted by atomic mass is 17.3. The first-order valence-electron chi connectivity index (χ1n) is 2.17. The average Bonchev–Trinajstić information content (AvgIpc) is 1.83. The minimum Gasteiger partial charge on any atom is -0.327 e. The minimum atomic E-state index is -0.917. The molecule has 8 heteroatoms. The molecule has 11 heavy (non-hydrogen) atoms. The van der Waals surface area contributed by atoms with E-state index in [1.165, 1.54) is 0 Å². The Morgan fingerprint density at radius 2 is 1.18 bits per heavy atom. The van der Waals surface area contributed by atoms with Crippen LogP contribution in [0.4, 0.5) is 9.59 Å². The van der Waals surface area contributed by atoms with E-state index in [0.29, 0.717) is 0 Å². The SMILES string of the molecule is O=C1OC(=O)O1.O=c1ooo1. The Labute approximate surface area is 57.1 Å². The number of hydrogen-bond donors (Lipinski definition) is 0. The number of cyclic esters (lactones) is 4. The summed E-state index contributed by atoms with van der Waals surface area (Å²) in [6.45, 7) is 0. The Morgan fingerprint density at radius 1 is 0.818 bits per heavy atom. The maximum absolute atomic E-state index is 9.44. The summed E-state index contributed by atoms with van der Waals surface area (Å²) >= 11 is 0. The zero-order valence-electron chi connectivity index (χ0n) is 4.77. The van der Waals surface area contributed by atoms with Crippen molar-refractivity contribution in [2.24, 2.45) is 0 Å². The lowest BCUT2D eigenvalue weighted by Gasteiger charge is -2.05. The fraction of sp³-hybridized carbons (Fsp3) is 0. The highest BCUT2D eigenvalue weighted by molar-refractivity contribution is 5.93. The molecule has 0 radical (unpaired) electrons. The summed E-state index contributed by atoms with van der Waals surface area (Å²) in [5.74, 6) is -0.787. The lowest BCUT2D eigenvalue weighted by atomic mass is 11.1. The fourth-order valence-corrected chi connectivity index (χ4v) is 0.206. The van der Waals surface area contributed by atoms with Crippen LogP contribution < -0.4 is 5.82 Å². The predicted molar refractivity (Wildman–Crippen MR) is 22.5 cm³/mol. The van der Waals surface area contributed by atoms with Crippen LogP contribution in [0.3, 0.4) is 0 Å². The van der Waals surface area contributed by atoms with E-state index >= 15 is 0 Å². The second kappa shape index (κ2) is 2.73. The van der Waals surface area contributed by atoms with Crippen LogP contribution in [-0.4, -0.2) is 12.3 Å². The first-order chi connectivity index (χ1) is 5.18. The lowest BCUT2D eigenvalue weighted by molar-refractivity contribution is -0.294. The minimum absolute atomic E-state index is 0.787. The van der Waals surface area contributed by atoms with Gasteiger partial charge in [-0.2, -0.15) is 13.9 Å². The Kier molecular flexibility index (Phi) is 1.77. The Hall–Kier alpha value is -1.99. The van der Waals surface area contributed by atoms with Crippen LogP contribution in [0.25, 0.3) is 0 Å². The maximum atomic E-state index is 9.44. The van der Waals surface area contributed by atoms with Crippen LogP contribution in [0, 0.1) is 0 Å². The molecule has 1 aliphatic heterocycles. The molecule has 1 aliphatic rings. The molecular formula is C3O8. The van der Waals surface area contributed by atoms with E-state index in [0.717, 1.165) is 0 Å². The molecule has 1 saturated heterocycles. The molecule has 2 heterocycles. The van der Waals surface area contributed by atoms with E-state index in [2.05, 4.69) is 23.4 Å². The smallest absolute Gasteiger partial charge is 0.327 e. The van der Waals surface area contributed by atoms with Crippen molar-refractivity contribution in [2.75, 3.05) is 0 Å². The molecule has 8 nitrogen and oxygen atoms in total. The van der Waals surface area contributed by atoms with Crippen molar-refractivity contribution in [1.29, 1.82) is 0 Å². The molecule has 1 aromatic rings. The van der Waals surface area contributed by atoms with Gasteiger partial charge in [-0.1, -0.05) is 4.74 Å². The van der Waals surface area contributed by atoms with Gasteiger partial charge >= 0.3 is 18.1 Å². The van der Waals surface area contributed by atoms with Gasteiger partial charge in [0.2, 0.25) is 0 Å². The molecule has 0 saturated carbocycles. The van der Waals surface area contributed by atoms with Crippen LogP contribution in [0.5, 0.6) is 0 Å². The van der Waals surface area contributed by atoms with Crippen molar-refractivity contribution in [1.82, 2.24) is 0 Å². The van der Waals surface area contributed by atoms with Crippen molar-refractivity contribution in [2.45, 2.75) is 0 Å². The summed E-state index contributed by atoms with van der Waals surface area (Å²) in [6.07, 6.45) is -1.83. The van der Waals surface area contributed by atoms with Crippen LogP contribution in [0.2, 0.25) is 0 Å². The standard InChI is InChI=1S/C2O4.CO4/c3-1-5-2(4)6-1;2-1-3-5-4-1. The van der Waals surface area contributed by atoms with Crippen molar-refractivity contribution >= 4 is 12.3 Å². The van der Waals surface area contributed by atoms with E-state index in [9.17, 15) is 14.4 Å². The first-order valence-corrected chi connectivity index (χ1v) is 2.17. The number of rotatable bonds is 0. The van der Waals surface area contributed by atoms with Gasteiger partial charge in [-0.3, -0.25) is 0 Å². The summed E-state index contributed by atoms with van der Waals surface area (Å²) in [4.78, 5) is 28.2. The maximum Gasteiger partial charge on any atom is 0.597 e. The van der Waals surface area contributed by atoms with Gasteiger partial charge in [0.15, 0.2) is 0 Å². The molecule has 0 N–H and O–H groups in total. The van der Waals surface area contributed by atoms with Crippen LogP contribution in [-0.2, 0) is 9.47 Å². The fourth-order valence-electron chi connectivity index (χ4n) is 0.206. The molecule has 0 amide bonds. The Morgan fingerprint density at radius 3 is 1.18 bits per heavy atom. The molecule has 0 aromatic carbocycles. The van der Waals surface area contributed by atoms with Crippen molar-refractivity contribution < 1.29 is 33.0 Å². The first kappa shape index (κ1) is 7.12. The van der Waals surface area contributed by atoms with Gasteiger partial charge in [0, 0.05) is 0 Å². The summed E-state index contributed by atoms with van der Waals surface area (Å²) in [7, 11) is 0. The normalized spacial score (nSPS) is 13.8. The zero-order chi connectivity index (χ0) is 8.27. The third-order valence-electron chi connectivity index (χ3n) is 0.537. The summed E-state index contributed by atoms with van der Waals surface area (Å²) in [5, 5.41) is 0. The molecule has 0 unspecified atom stereocenters. The van der Waals surface area contributed by atoms with E-state index < -0.39 is 18.1 Å². The molecule has 60 valence electrons. The monoisotopic (exact) mass is 164 g/mol. The van der Waals surface area contributed by atoms with Crippen LogP contribution >= 0.6 is 0 Å². The Balaban J connectivity index is 0.000000112. The number of ether oxygens (including phenoxy) is 2. The van der Waals surface area contributed by atoms with E-state index in [1.54, 1.807) is 0 Å². The molecule has 1 fully saturated rings. The number of carbonyl (C=O) groups is 2. The molecular weight excluding hydrogens is 164 g/mol. The van der Waals surface area contributed by atoms with Gasteiger partial charge < -0.3 is 9.47 Å². The second-order valence-corrected chi connectivity index (χ2v) is 1.19. The van der Waals surface area contributed by atoms with Gasteiger partial charge in [0.05, 0.1) is 0 Å². The number of hydrogen-bond acceptors (Lipinski definition) is 8. The topological polar surface area (TPSA) is 109 Å². The summed E-state index contributed by atoms with van der Waals surface area (Å²) in [6, 6.07) is 0. The molecule has 2 rings (SSSR count). The molecule has 0 spiro atoms. The molecule has 1 aromatic heterocycles. The van der Waals surface area contributed by atoms with Crippen molar-refractivity contribution in [3.05, 3.63) is 10.6 Å². The third kappa shape index (κ3) is 2.01. The molecule has 0 aliphatic carbocycles. The predicted octanol–water partition coefficient (Wildman–Crippen LogP) is 0.0990. The van der Waals surface area contributed by atoms with E-state index in [4.69, 9.17) is 0 Å². The third-order valence-corrected chi connectivity index (χ3v) is 0.537.